The number of nitrogens with one attached hydrogen (secondary N) is 1. The lowest BCUT2D eigenvalue weighted by Gasteiger charge is -2.22. The van der Waals surface area contributed by atoms with Crippen molar-refractivity contribution in [2.24, 2.45) is 0 Å². The molecule has 82 valence electrons. The lowest BCUT2D eigenvalue weighted by atomic mass is 10.1. The van der Waals surface area contributed by atoms with Crippen molar-refractivity contribution in [1.82, 2.24) is 5.32 Å². The fourth-order valence-electron chi connectivity index (χ4n) is 1.69. The highest BCUT2D eigenvalue weighted by Gasteiger charge is 2.12. The Kier molecular flexibility index (Phi) is 5.80. The predicted molar refractivity (Wildman–Crippen MR) is 56.4 cm³/mol. The molecule has 0 aromatic rings. The minimum absolute atomic E-state index is 0.284. The number of ether oxygens (including phenoxy) is 1. The Balaban J connectivity index is 1.90. The lowest BCUT2D eigenvalue weighted by molar-refractivity contribution is -0.117. The minimum atomic E-state index is 0.284. The topological polar surface area (TPSA) is 38.3 Å². The molecule has 3 nitrogen and oxygen atoms in total. The second-order valence-electron chi connectivity index (χ2n) is 3.98. The first-order chi connectivity index (χ1) is 6.79. The summed E-state index contributed by atoms with van der Waals surface area (Å²) < 4.78 is 5.71. The standard InChI is InChI=1S/C11H21NO2/c1-10(13)4-2-3-9-14-11-5-7-12-8-6-11/h11-12H,2-9H2,1H3. The predicted octanol–water partition coefficient (Wildman–Crippen LogP) is 1.51. The molecule has 1 rings (SSSR count). The van der Waals surface area contributed by atoms with Gasteiger partial charge in [-0.2, -0.15) is 0 Å². The van der Waals surface area contributed by atoms with Crippen LogP contribution in [0.3, 0.4) is 0 Å². The Hall–Kier alpha value is -0.410. The third kappa shape index (κ3) is 5.35. The molecule has 1 heterocycles. The van der Waals surface area contributed by atoms with Crippen molar-refractivity contribution >= 4 is 5.78 Å². The van der Waals surface area contributed by atoms with Gasteiger partial charge in [0.1, 0.15) is 5.78 Å². The van der Waals surface area contributed by atoms with Gasteiger partial charge in [-0.1, -0.05) is 0 Å². The van der Waals surface area contributed by atoms with Crippen LogP contribution in [-0.4, -0.2) is 31.6 Å². The number of Topliss-reactive ketones (excluding diaryl/α,β-unsaturated/α-hetero) is 1. The molecule has 0 atom stereocenters. The van der Waals surface area contributed by atoms with Gasteiger partial charge in [0.15, 0.2) is 0 Å². The van der Waals surface area contributed by atoms with Crippen molar-refractivity contribution in [2.75, 3.05) is 19.7 Å². The number of carbonyl (C=O) groups is 1. The van der Waals surface area contributed by atoms with Crippen LogP contribution in [0.2, 0.25) is 0 Å². The minimum Gasteiger partial charge on any atom is -0.378 e. The van der Waals surface area contributed by atoms with Crippen LogP contribution < -0.4 is 5.32 Å². The third-order valence-corrected chi connectivity index (χ3v) is 2.56. The first-order valence-electron chi connectivity index (χ1n) is 5.61. The Labute approximate surface area is 86.2 Å². The van der Waals surface area contributed by atoms with Crippen molar-refractivity contribution in [1.29, 1.82) is 0 Å². The molecule has 0 radical (unpaired) electrons. The van der Waals surface area contributed by atoms with Crippen molar-refractivity contribution in [3.05, 3.63) is 0 Å². The maximum atomic E-state index is 10.7. The van der Waals surface area contributed by atoms with Gasteiger partial charge in [-0.25, -0.2) is 0 Å². The second kappa shape index (κ2) is 6.96. The number of rotatable bonds is 6. The van der Waals surface area contributed by atoms with E-state index in [9.17, 15) is 4.79 Å². The molecule has 0 aliphatic carbocycles. The maximum absolute atomic E-state index is 10.7. The van der Waals surface area contributed by atoms with Crippen LogP contribution in [0.15, 0.2) is 0 Å². The van der Waals surface area contributed by atoms with Gasteiger partial charge in [0.2, 0.25) is 0 Å². The Bertz CT molecular complexity index is 165. The first-order valence-corrected chi connectivity index (χ1v) is 5.61. The molecule has 1 fully saturated rings. The van der Waals surface area contributed by atoms with Crippen LogP contribution in [0.5, 0.6) is 0 Å². The maximum Gasteiger partial charge on any atom is 0.129 e. The van der Waals surface area contributed by atoms with Crippen molar-refractivity contribution in [3.8, 4) is 0 Å². The second-order valence-corrected chi connectivity index (χ2v) is 3.98. The summed E-state index contributed by atoms with van der Waals surface area (Å²) in [5.74, 6) is 0.284. The smallest absolute Gasteiger partial charge is 0.129 e. The molecule has 0 unspecified atom stereocenters. The summed E-state index contributed by atoms with van der Waals surface area (Å²) in [5.41, 5.74) is 0. The van der Waals surface area contributed by atoms with Gasteiger partial charge in [0, 0.05) is 13.0 Å². The largest absolute Gasteiger partial charge is 0.378 e. The van der Waals surface area contributed by atoms with E-state index in [0.29, 0.717) is 12.5 Å². The summed E-state index contributed by atoms with van der Waals surface area (Å²) >= 11 is 0. The van der Waals surface area contributed by atoms with Gasteiger partial charge in [0.05, 0.1) is 6.10 Å². The average Bonchev–Trinajstić information content (AvgIpc) is 2.18. The summed E-state index contributed by atoms with van der Waals surface area (Å²) in [7, 11) is 0. The SMILES string of the molecule is CC(=O)CCCCOC1CCNCC1. The van der Waals surface area contributed by atoms with Gasteiger partial charge >= 0.3 is 0 Å². The first kappa shape index (κ1) is 11.7. The summed E-state index contributed by atoms with van der Waals surface area (Å²) in [5, 5.41) is 3.31. The monoisotopic (exact) mass is 199 g/mol. The molecule has 1 aliphatic heterocycles. The van der Waals surface area contributed by atoms with E-state index in [4.69, 9.17) is 4.74 Å². The van der Waals surface area contributed by atoms with Crippen LogP contribution in [0, 0.1) is 0 Å². The molecule has 1 aliphatic rings. The number of hydrogen-bond acceptors (Lipinski definition) is 3. The zero-order chi connectivity index (χ0) is 10.2. The molecular weight excluding hydrogens is 178 g/mol. The molecule has 1 N–H and O–H groups in total. The van der Waals surface area contributed by atoms with E-state index in [1.807, 2.05) is 0 Å². The van der Waals surface area contributed by atoms with E-state index in [0.717, 1.165) is 45.4 Å². The number of piperidine rings is 1. The summed E-state index contributed by atoms with van der Waals surface area (Å²) in [6, 6.07) is 0. The van der Waals surface area contributed by atoms with Crippen LogP contribution in [-0.2, 0) is 9.53 Å². The van der Waals surface area contributed by atoms with E-state index in [-0.39, 0.29) is 5.78 Å². The normalized spacial score (nSPS) is 18.4. The average molecular weight is 199 g/mol. The van der Waals surface area contributed by atoms with E-state index >= 15 is 0 Å². The summed E-state index contributed by atoms with van der Waals surface area (Å²) in [6.45, 7) is 4.63. The third-order valence-electron chi connectivity index (χ3n) is 2.56. The molecule has 0 aromatic carbocycles. The fourth-order valence-corrected chi connectivity index (χ4v) is 1.69. The van der Waals surface area contributed by atoms with Crippen LogP contribution in [0.1, 0.15) is 39.0 Å². The fraction of sp³-hybridized carbons (Fsp3) is 0.909. The molecule has 0 amide bonds. The molecule has 0 bridgehead atoms. The Morgan fingerprint density at radius 3 is 2.71 bits per heavy atom. The molecule has 1 saturated heterocycles. The number of hydrogen-bond donors (Lipinski definition) is 1. The Morgan fingerprint density at radius 1 is 1.36 bits per heavy atom. The molecule has 14 heavy (non-hydrogen) atoms. The van der Waals surface area contributed by atoms with Gasteiger partial charge in [-0.15, -0.1) is 0 Å². The van der Waals surface area contributed by atoms with Crippen LogP contribution in [0.25, 0.3) is 0 Å². The zero-order valence-corrected chi connectivity index (χ0v) is 9.05. The van der Waals surface area contributed by atoms with Gasteiger partial charge in [0.25, 0.3) is 0 Å². The van der Waals surface area contributed by atoms with Gasteiger partial charge < -0.3 is 14.8 Å². The van der Waals surface area contributed by atoms with Gasteiger partial charge in [-0.3, -0.25) is 0 Å². The van der Waals surface area contributed by atoms with Crippen molar-refractivity contribution in [2.45, 2.75) is 45.1 Å². The zero-order valence-electron chi connectivity index (χ0n) is 9.05. The highest BCUT2D eigenvalue weighted by atomic mass is 16.5. The van der Waals surface area contributed by atoms with Gasteiger partial charge in [-0.05, 0) is 45.7 Å². The highest BCUT2D eigenvalue weighted by Crippen LogP contribution is 2.08. The number of ketones is 1. The highest BCUT2D eigenvalue weighted by molar-refractivity contribution is 5.75. The van der Waals surface area contributed by atoms with Crippen molar-refractivity contribution in [3.63, 3.8) is 0 Å². The molecule has 3 heteroatoms. The van der Waals surface area contributed by atoms with E-state index in [1.54, 1.807) is 6.92 Å². The van der Waals surface area contributed by atoms with Crippen LogP contribution >= 0.6 is 0 Å². The molecule has 0 aromatic heterocycles. The molecule has 0 spiro atoms. The number of unbranched alkanes of at least 4 members (excludes halogenated alkanes) is 1. The summed E-state index contributed by atoms with van der Waals surface area (Å²) in [4.78, 5) is 10.7. The van der Waals surface area contributed by atoms with E-state index in [1.165, 1.54) is 0 Å². The van der Waals surface area contributed by atoms with E-state index in [2.05, 4.69) is 5.32 Å². The number of carbonyl (C=O) groups excluding carboxylic acids is 1. The lowest BCUT2D eigenvalue weighted by Crippen LogP contribution is -2.32. The quantitative estimate of drug-likeness (QED) is 0.659. The van der Waals surface area contributed by atoms with E-state index < -0.39 is 0 Å². The molecular formula is C11H21NO2. The Morgan fingerprint density at radius 2 is 2.07 bits per heavy atom. The van der Waals surface area contributed by atoms with Crippen LogP contribution in [0.4, 0.5) is 0 Å². The van der Waals surface area contributed by atoms with Crippen molar-refractivity contribution < 1.29 is 9.53 Å². The molecule has 0 saturated carbocycles. The summed E-state index contributed by atoms with van der Waals surface area (Å²) in [6.07, 6.45) is 5.41.